The predicted molar refractivity (Wildman–Crippen MR) is 87.5 cm³/mol. The largest absolute Gasteiger partial charge is 0.484 e. The molecule has 4 heteroatoms. The van der Waals surface area contributed by atoms with Crippen LogP contribution in [0.15, 0.2) is 59.1 Å². The second kappa shape index (κ2) is 7.84. The van der Waals surface area contributed by atoms with E-state index in [9.17, 15) is 4.79 Å². The fourth-order valence-corrected chi connectivity index (χ4v) is 2.16. The second-order valence-corrected chi connectivity index (χ2v) is 5.77. The van der Waals surface area contributed by atoms with Crippen molar-refractivity contribution in [3.8, 4) is 5.75 Å². The van der Waals surface area contributed by atoms with Gasteiger partial charge in [-0.05, 0) is 35.7 Å². The Morgan fingerprint density at radius 2 is 1.81 bits per heavy atom. The van der Waals surface area contributed by atoms with Crippen LogP contribution in [-0.4, -0.2) is 19.1 Å². The summed E-state index contributed by atoms with van der Waals surface area (Å²) in [6.07, 6.45) is 0. The van der Waals surface area contributed by atoms with Gasteiger partial charge in [-0.2, -0.15) is 0 Å². The molecule has 0 aliphatic heterocycles. The van der Waals surface area contributed by atoms with E-state index in [-0.39, 0.29) is 18.4 Å². The Balaban J connectivity index is 1.73. The number of nitrogens with one attached hydrogen (secondary N) is 1. The molecule has 110 valence electrons. The van der Waals surface area contributed by atoms with Crippen LogP contribution in [0.25, 0.3) is 0 Å². The van der Waals surface area contributed by atoms with Gasteiger partial charge in [0, 0.05) is 11.0 Å². The lowest BCUT2D eigenvalue weighted by molar-refractivity contribution is -0.123. The summed E-state index contributed by atoms with van der Waals surface area (Å²) in [6, 6.07) is 17.5. The van der Waals surface area contributed by atoms with Crippen LogP contribution >= 0.6 is 15.9 Å². The summed E-state index contributed by atoms with van der Waals surface area (Å²) in [4.78, 5) is 11.8. The van der Waals surface area contributed by atoms with Crippen molar-refractivity contribution in [3.05, 3.63) is 64.6 Å². The maximum atomic E-state index is 11.8. The number of carbonyl (C=O) groups excluding carboxylic acids is 1. The van der Waals surface area contributed by atoms with Crippen LogP contribution in [-0.2, 0) is 4.79 Å². The van der Waals surface area contributed by atoms with E-state index in [4.69, 9.17) is 4.74 Å². The molecular formula is C17H18BrNO2. The SMILES string of the molecule is CC(CNC(=O)COc1ccc(Br)cc1)c1ccccc1. The third kappa shape index (κ3) is 5.23. The maximum Gasteiger partial charge on any atom is 0.257 e. The van der Waals surface area contributed by atoms with E-state index in [1.165, 1.54) is 5.56 Å². The highest BCUT2D eigenvalue weighted by atomic mass is 79.9. The predicted octanol–water partition coefficient (Wildman–Crippen LogP) is 3.75. The van der Waals surface area contributed by atoms with Crippen LogP contribution in [0.3, 0.4) is 0 Å². The Labute approximate surface area is 133 Å². The van der Waals surface area contributed by atoms with E-state index >= 15 is 0 Å². The van der Waals surface area contributed by atoms with Crippen molar-refractivity contribution in [3.63, 3.8) is 0 Å². The fraction of sp³-hybridized carbons (Fsp3) is 0.235. The molecule has 1 unspecified atom stereocenters. The van der Waals surface area contributed by atoms with Crippen molar-refractivity contribution in [2.75, 3.05) is 13.2 Å². The van der Waals surface area contributed by atoms with Crippen LogP contribution in [0.5, 0.6) is 5.75 Å². The zero-order chi connectivity index (χ0) is 15.1. The molecule has 1 N–H and O–H groups in total. The van der Waals surface area contributed by atoms with Crippen LogP contribution in [0.1, 0.15) is 18.4 Å². The lowest BCUT2D eigenvalue weighted by atomic mass is 10.0. The van der Waals surface area contributed by atoms with Crippen LogP contribution < -0.4 is 10.1 Å². The molecule has 0 aliphatic carbocycles. The minimum Gasteiger partial charge on any atom is -0.484 e. The molecule has 21 heavy (non-hydrogen) atoms. The fourth-order valence-electron chi connectivity index (χ4n) is 1.90. The number of benzene rings is 2. The molecule has 0 saturated carbocycles. The number of halogens is 1. The van der Waals surface area contributed by atoms with E-state index in [2.05, 4.69) is 40.3 Å². The molecule has 0 fully saturated rings. The van der Waals surface area contributed by atoms with E-state index in [1.54, 1.807) is 0 Å². The highest BCUT2D eigenvalue weighted by molar-refractivity contribution is 9.10. The van der Waals surface area contributed by atoms with Gasteiger partial charge in [-0.15, -0.1) is 0 Å². The maximum absolute atomic E-state index is 11.8. The Morgan fingerprint density at radius 3 is 2.48 bits per heavy atom. The molecule has 0 saturated heterocycles. The van der Waals surface area contributed by atoms with Gasteiger partial charge in [0.1, 0.15) is 5.75 Å². The zero-order valence-corrected chi connectivity index (χ0v) is 13.5. The van der Waals surface area contributed by atoms with Crippen molar-refractivity contribution in [2.24, 2.45) is 0 Å². The third-order valence-corrected chi connectivity index (χ3v) is 3.69. The molecule has 1 amide bonds. The van der Waals surface area contributed by atoms with Crippen molar-refractivity contribution < 1.29 is 9.53 Å². The van der Waals surface area contributed by atoms with Gasteiger partial charge in [0.25, 0.3) is 5.91 Å². The lowest BCUT2D eigenvalue weighted by Crippen LogP contribution is -2.31. The van der Waals surface area contributed by atoms with Gasteiger partial charge >= 0.3 is 0 Å². The normalized spacial score (nSPS) is 11.7. The number of rotatable bonds is 6. The average molecular weight is 348 g/mol. The molecule has 2 aromatic rings. The number of amides is 1. The van der Waals surface area contributed by atoms with Gasteiger partial charge in [0.2, 0.25) is 0 Å². The van der Waals surface area contributed by atoms with E-state index < -0.39 is 0 Å². The van der Waals surface area contributed by atoms with Crippen molar-refractivity contribution in [1.82, 2.24) is 5.32 Å². The zero-order valence-electron chi connectivity index (χ0n) is 11.9. The minimum absolute atomic E-state index is 0.0309. The average Bonchev–Trinajstić information content (AvgIpc) is 2.53. The monoisotopic (exact) mass is 347 g/mol. The molecular weight excluding hydrogens is 330 g/mol. The smallest absolute Gasteiger partial charge is 0.257 e. The first kappa shape index (κ1) is 15.6. The van der Waals surface area contributed by atoms with Crippen LogP contribution in [0.2, 0.25) is 0 Å². The second-order valence-electron chi connectivity index (χ2n) is 4.86. The summed E-state index contributed by atoms with van der Waals surface area (Å²) in [5, 5.41) is 2.89. The summed E-state index contributed by atoms with van der Waals surface area (Å²) < 4.78 is 6.41. The summed E-state index contributed by atoms with van der Waals surface area (Å²) in [5.74, 6) is 0.855. The van der Waals surface area contributed by atoms with Gasteiger partial charge in [0.05, 0.1) is 0 Å². The molecule has 0 aromatic heterocycles. The van der Waals surface area contributed by atoms with E-state index in [0.29, 0.717) is 12.3 Å². The van der Waals surface area contributed by atoms with Crippen molar-refractivity contribution >= 4 is 21.8 Å². The molecule has 0 heterocycles. The molecule has 0 spiro atoms. The number of hydrogen-bond acceptors (Lipinski definition) is 2. The Bertz CT molecular complexity index is 569. The van der Waals surface area contributed by atoms with E-state index in [1.807, 2.05) is 42.5 Å². The Kier molecular flexibility index (Phi) is 5.81. The summed E-state index contributed by atoms with van der Waals surface area (Å²) in [5.41, 5.74) is 1.21. The van der Waals surface area contributed by atoms with Crippen molar-refractivity contribution in [2.45, 2.75) is 12.8 Å². The summed E-state index contributed by atoms with van der Waals surface area (Å²) >= 11 is 3.35. The first-order valence-corrected chi connectivity index (χ1v) is 7.64. The quantitative estimate of drug-likeness (QED) is 0.864. The molecule has 0 aliphatic rings. The highest BCUT2D eigenvalue weighted by Gasteiger charge is 2.08. The molecule has 3 nitrogen and oxygen atoms in total. The van der Waals surface area contributed by atoms with Gasteiger partial charge < -0.3 is 10.1 Å². The van der Waals surface area contributed by atoms with Crippen LogP contribution in [0.4, 0.5) is 0 Å². The topological polar surface area (TPSA) is 38.3 Å². The first-order chi connectivity index (χ1) is 10.1. The van der Waals surface area contributed by atoms with Gasteiger partial charge in [-0.25, -0.2) is 0 Å². The first-order valence-electron chi connectivity index (χ1n) is 6.85. The standard InChI is InChI=1S/C17H18BrNO2/c1-13(14-5-3-2-4-6-14)11-19-17(20)12-21-16-9-7-15(18)8-10-16/h2-10,13H,11-12H2,1H3,(H,19,20). The Hall–Kier alpha value is -1.81. The lowest BCUT2D eigenvalue weighted by Gasteiger charge is -2.13. The Morgan fingerprint density at radius 1 is 1.14 bits per heavy atom. The molecule has 2 rings (SSSR count). The number of ether oxygens (including phenoxy) is 1. The molecule has 2 aromatic carbocycles. The summed E-state index contributed by atoms with van der Waals surface area (Å²) in [7, 11) is 0. The molecule has 1 atom stereocenters. The van der Waals surface area contributed by atoms with Crippen molar-refractivity contribution in [1.29, 1.82) is 0 Å². The third-order valence-electron chi connectivity index (χ3n) is 3.16. The van der Waals surface area contributed by atoms with E-state index in [0.717, 1.165) is 4.47 Å². The van der Waals surface area contributed by atoms with Gasteiger partial charge in [-0.3, -0.25) is 4.79 Å². The van der Waals surface area contributed by atoms with Crippen LogP contribution in [0, 0.1) is 0 Å². The number of hydrogen-bond donors (Lipinski definition) is 1. The highest BCUT2D eigenvalue weighted by Crippen LogP contribution is 2.16. The molecule has 0 bridgehead atoms. The van der Waals surface area contributed by atoms with Gasteiger partial charge in [-0.1, -0.05) is 53.2 Å². The van der Waals surface area contributed by atoms with Gasteiger partial charge in [0.15, 0.2) is 6.61 Å². The number of carbonyl (C=O) groups is 1. The summed E-state index contributed by atoms with van der Waals surface area (Å²) in [6.45, 7) is 2.72. The molecule has 0 radical (unpaired) electrons. The minimum atomic E-state index is -0.110.